The molecule has 0 spiro atoms. The second-order valence-electron chi connectivity index (χ2n) is 7.23. The monoisotopic (exact) mass is 447 g/mol. The second kappa shape index (κ2) is 12.6. The molecule has 0 aliphatic carbocycles. The molecular weight excluding hydrogens is 414 g/mol. The predicted molar refractivity (Wildman–Crippen MR) is 123 cm³/mol. The number of fused-ring (bicyclic) bond motifs is 1. The highest BCUT2D eigenvalue weighted by molar-refractivity contribution is 6.12. The van der Waals surface area contributed by atoms with Crippen molar-refractivity contribution < 1.29 is 33.6 Å². The number of nitrogens with zero attached hydrogens (tertiary/aromatic N) is 1. The molecule has 0 saturated carbocycles. The summed E-state index contributed by atoms with van der Waals surface area (Å²) in [6.07, 6.45) is 6.01. The third-order valence-corrected chi connectivity index (χ3v) is 5.12. The van der Waals surface area contributed by atoms with Gasteiger partial charge in [0.2, 0.25) is 0 Å². The molecule has 0 radical (unpaired) electrons. The van der Waals surface area contributed by atoms with Crippen LogP contribution in [-0.2, 0) is 14.7 Å². The second-order valence-corrected chi connectivity index (χ2v) is 7.23. The lowest BCUT2D eigenvalue weighted by Crippen LogP contribution is -2.08. The van der Waals surface area contributed by atoms with Crippen LogP contribution in [0.2, 0.25) is 0 Å². The number of hydrogen-bond acceptors (Lipinski definition) is 8. The van der Waals surface area contributed by atoms with Gasteiger partial charge in [-0.1, -0.05) is 32.6 Å². The number of oxime groups is 1. The van der Waals surface area contributed by atoms with Gasteiger partial charge in [0.15, 0.2) is 0 Å². The molecule has 0 bridgehead atoms. The van der Waals surface area contributed by atoms with Crippen molar-refractivity contribution in [3.63, 3.8) is 0 Å². The van der Waals surface area contributed by atoms with Gasteiger partial charge < -0.3 is 18.9 Å². The number of rotatable bonds is 13. The van der Waals surface area contributed by atoms with Crippen LogP contribution in [0.25, 0.3) is 10.8 Å². The summed E-state index contributed by atoms with van der Waals surface area (Å²) < 4.78 is 22.7. The van der Waals surface area contributed by atoms with Crippen LogP contribution in [0, 0.1) is 0 Å². The Morgan fingerprint density at radius 2 is 1.47 bits per heavy atom. The normalized spacial score (nSPS) is 11.2. The van der Waals surface area contributed by atoms with Crippen molar-refractivity contribution in [2.45, 2.75) is 52.4 Å². The molecule has 0 atom stereocenters. The number of carbonyl (C=O) groups excluding carboxylic acids is 1. The lowest BCUT2D eigenvalue weighted by Gasteiger charge is -2.19. The van der Waals surface area contributed by atoms with Crippen LogP contribution in [0.5, 0.6) is 23.0 Å². The average Bonchev–Trinajstić information content (AvgIpc) is 2.80. The van der Waals surface area contributed by atoms with Crippen molar-refractivity contribution in [3.05, 3.63) is 23.8 Å². The third kappa shape index (κ3) is 5.96. The number of ether oxygens (including phenoxy) is 4. The molecule has 0 fully saturated rings. The molecule has 0 aliphatic rings. The van der Waals surface area contributed by atoms with Gasteiger partial charge in [-0.25, -0.2) is 9.68 Å². The summed E-state index contributed by atoms with van der Waals surface area (Å²) in [7, 11) is 6.35. The van der Waals surface area contributed by atoms with Crippen LogP contribution in [-0.4, -0.2) is 40.1 Å². The molecule has 32 heavy (non-hydrogen) atoms. The van der Waals surface area contributed by atoms with E-state index in [1.807, 2.05) is 18.2 Å². The molecule has 0 aliphatic heterocycles. The zero-order chi connectivity index (χ0) is 23.5. The first-order valence-electron chi connectivity index (χ1n) is 10.7. The van der Waals surface area contributed by atoms with Gasteiger partial charge in [0.05, 0.1) is 44.9 Å². The molecule has 0 heterocycles. The minimum atomic E-state index is -0.592. The Bertz CT molecular complexity index is 940. The first-order valence-corrected chi connectivity index (χ1v) is 10.7. The summed E-state index contributed by atoms with van der Waals surface area (Å²) >= 11 is 0. The summed E-state index contributed by atoms with van der Waals surface area (Å²) in [4.78, 5) is 20.6. The molecule has 176 valence electrons. The summed E-state index contributed by atoms with van der Waals surface area (Å²) in [5, 5.41) is 5.52. The first kappa shape index (κ1) is 25.1. The standard InChI is InChI=1S/C24H33NO7/c1-7-8-9-10-11-12-18(25-32-31-16(2)26)17-15-21(29-5)22-19(27-3)13-14-20(28-4)23(22)24(17)30-6/h13-15H,7-12H2,1-6H3. The van der Waals surface area contributed by atoms with Gasteiger partial charge in [-0.3, -0.25) is 0 Å². The van der Waals surface area contributed by atoms with Gasteiger partial charge in [0, 0.05) is 12.5 Å². The summed E-state index contributed by atoms with van der Waals surface area (Å²) in [5.41, 5.74) is 1.23. The van der Waals surface area contributed by atoms with Crippen LogP contribution in [0.15, 0.2) is 23.4 Å². The minimum absolute atomic E-state index is 0.537. The van der Waals surface area contributed by atoms with E-state index >= 15 is 0 Å². The van der Waals surface area contributed by atoms with Gasteiger partial charge in [-0.05, 0) is 36.2 Å². The maximum Gasteiger partial charge on any atom is 0.354 e. The van der Waals surface area contributed by atoms with E-state index in [0.717, 1.165) is 31.1 Å². The maximum atomic E-state index is 11.2. The Morgan fingerprint density at radius 3 is 2.03 bits per heavy atom. The van der Waals surface area contributed by atoms with Crippen LogP contribution in [0.1, 0.15) is 57.9 Å². The summed E-state index contributed by atoms with van der Waals surface area (Å²) in [5.74, 6) is 1.73. The van der Waals surface area contributed by atoms with E-state index in [0.29, 0.717) is 46.1 Å². The highest BCUT2D eigenvalue weighted by atomic mass is 17.3. The molecular formula is C24H33NO7. The van der Waals surface area contributed by atoms with Gasteiger partial charge in [0.1, 0.15) is 23.0 Å². The van der Waals surface area contributed by atoms with E-state index in [9.17, 15) is 4.79 Å². The third-order valence-electron chi connectivity index (χ3n) is 5.12. The van der Waals surface area contributed by atoms with E-state index in [1.165, 1.54) is 13.3 Å². The molecule has 0 aromatic heterocycles. The number of hydrogen-bond donors (Lipinski definition) is 0. The predicted octanol–water partition coefficient (Wildman–Crippen LogP) is 5.43. The highest BCUT2D eigenvalue weighted by Crippen LogP contribution is 2.46. The number of methoxy groups -OCH3 is 4. The maximum absolute atomic E-state index is 11.2. The number of unbranched alkanes of at least 4 members (excludes halogenated alkanes) is 4. The van der Waals surface area contributed by atoms with Gasteiger partial charge in [0.25, 0.3) is 0 Å². The van der Waals surface area contributed by atoms with Crippen LogP contribution in [0.3, 0.4) is 0 Å². The zero-order valence-corrected chi connectivity index (χ0v) is 19.8. The quantitative estimate of drug-likeness (QED) is 0.175. The van der Waals surface area contributed by atoms with E-state index < -0.39 is 5.97 Å². The van der Waals surface area contributed by atoms with Crippen LogP contribution in [0.4, 0.5) is 0 Å². The molecule has 0 amide bonds. The van der Waals surface area contributed by atoms with Crippen molar-refractivity contribution >= 4 is 22.5 Å². The van der Waals surface area contributed by atoms with E-state index in [-0.39, 0.29) is 0 Å². The van der Waals surface area contributed by atoms with E-state index in [4.69, 9.17) is 23.9 Å². The van der Waals surface area contributed by atoms with Crippen molar-refractivity contribution in [3.8, 4) is 23.0 Å². The average molecular weight is 448 g/mol. The fourth-order valence-electron chi connectivity index (χ4n) is 3.61. The summed E-state index contributed by atoms with van der Waals surface area (Å²) in [6.45, 7) is 3.42. The lowest BCUT2D eigenvalue weighted by molar-refractivity contribution is -0.271. The summed E-state index contributed by atoms with van der Waals surface area (Å²) in [6, 6.07) is 5.45. The lowest BCUT2D eigenvalue weighted by atomic mass is 9.96. The Balaban J connectivity index is 2.65. The molecule has 2 rings (SSSR count). The SMILES string of the molecule is CCCCCCCC(=NOOC(C)=O)c1cc(OC)c2c(OC)ccc(OC)c2c1OC. The van der Waals surface area contributed by atoms with E-state index in [1.54, 1.807) is 28.4 Å². The van der Waals surface area contributed by atoms with E-state index in [2.05, 4.69) is 17.0 Å². The molecule has 2 aromatic carbocycles. The Labute approximate surface area is 189 Å². The highest BCUT2D eigenvalue weighted by Gasteiger charge is 2.23. The van der Waals surface area contributed by atoms with Gasteiger partial charge >= 0.3 is 5.97 Å². The van der Waals surface area contributed by atoms with Gasteiger partial charge in [-0.15, -0.1) is 0 Å². The topological polar surface area (TPSA) is 84.8 Å². The molecule has 2 aromatic rings. The van der Waals surface area contributed by atoms with Crippen LogP contribution >= 0.6 is 0 Å². The molecule has 0 saturated heterocycles. The van der Waals surface area contributed by atoms with Crippen LogP contribution < -0.4 is 18.9 Å². The van der Waals surface area contributed by atoms with Crippen molar-refractivity contribution in [1.29, 1.82) is 0 Å². The fraction of sp³-hybridized carbons (Fsp3) is 0.500. The molecule has 8 nitrogen and oxygen atoms in total. The molecule has 0 unspecified atom stereocenters. The first-order chi connectivity index (χ1) is 15.5. The Hall–Kier alpha value is -3.16. The Morgan fingerprint density at radius 1 is 0.844 bits per heavy atom. The van der Waals surface area contributed by atoms with Gasteiger partial charge in [-0.2, -0.15) is 4.99 Å². The van der Waals surface area contributed by atoms with Crippen molar-refractivity contribution in [2.24, 2.45) is 5.16 Å². The fourth-order valence-corrected chi connectivity index (χ4v) is 3.61. The van der Waals surface area contributed by atoms with Crippen molar-refractivity contribution in [1.82, 2.24) is 0 Å². The van der Waals surface area contributed by atoms with Crippen molar-refractivity contribution in [2.75, 3.05) is 28.4 Å². The Kier molecular flexibility index (Phi) is 9.91. The number of carbonyl (C=O) groups is 1. The number of benzene rings is 2. The largest absolute Gasteiger partial charge is 0.496 e. The zero-order valence-electron chi connectivity index (χ0n) is 19.8. The minimum Gasteiger partial charge on any atom is -0.496 e. The molecule has 8 heteroatoms. The molecule has 0 N–H and O–H groups in total. The smallest absolute Gasteiger partial charge is 0.354 e.